The third-order valence-electron chi connectivity index (χ3n) is 3.99. The van der Waals surface area contributed by atoms with Crippen LogP contribution >= 0.6 is 0 Å². The molecule has 0 aliphatic carbocycles. The van der Waals surface area contributed by atoms with Gasteiger partial charge in [-0.15, -0.1) is 0 Å². The summed E-state index contributed by atoms with van der Waals surface area (Å²) >= 11 is 0. The SMILES string of the molecule is CCNC(=O)c1ccc(N)c(N2CCC(COC)CC2)c1. The Morgan fingerprint density at radius 1 is 1.43 bits per heavy atom. The lowest BCUT2D eigenvalue weighted by molar-refractivity contribution is 0.0956. The van der Waals surface area contributed by atoms with Crippen molar-refractivity contribution in [3.05, 3.63) is 23.8 Å². The van der Waals surface area contributed by atoms with Gasteiger partial charge in [-0.2, -0.15) is 0 Å². The van der Waals surface area contributed by atoms with Crippen LogP contribution in [0, 0.1) is 5.92 Å². The highest BCUT2D eigenvalue weighted by Gasteiger charge is 2.21. The minimum Gasteiger partial charge on any atom is -0.397 e. The van der Waals surface area contributed by atoms with Gasteiger partial charge in [0.2, 0.25) is 0 Å². The van der Waals surface area contributed by atoms with Crippen LogP contribution in [-0.4, -0.2) is 39.3 Å². The predicted molar refractivity (Wildman–Crippen MR) is 85.7 cm³/mol. The van der Waals surface area contributed by atoms with E-state index < -0.39 is 0 Å². The molecule has 1 aliphatic heterocycles. The predicted octanol–water partition coefficient (Wildman–Crippen LogP) is 1.88. The van der Waals surface area contributed by atoms with E-state index in [1.807, 2.05) is 19.1 Å². The quantitative estimate of drug-likeness (QED) is 0.813. The van der Waals surface area contributed by atoms with Gasteiger partial charge in [0, 0.05) is 38.9 Å². The largest absolute Gasteiger partial charge is 0.397 e. The van der Waals surface area contributed by atoms with Crippen LogP contribution in [0.15, 0.2) is 18.2 Å². The van der Waals surface area contributed by atoms with E-state index in [1.54, 1.807) is 13.2 Å². The van der Waals surface area contributed by atoms with Crippen molar-refractivity contribution >= 4 is 17.3 Å². The molecule has 1 amide bonds. The summed E-state index contributed by atoms with van der Waals surface area (Å²) in [6, 6.07) is 5.50. The zero-order valence-electron chi connectivity index (χ0n) is 12.9. The molecule has 3 N–H and O–H groups in total. The van der Waals surface area contributed by atoms with Gasteiger partial charge in [0.25, 0.3) is 5.91 Å². The lowest BCUT2D eigenvalue weighted by Gasteiger charge is -2.34. The van der Waals surface area contributed by atoms with Gasteiger partial charge in [0.15, 0.2) is 0 Å². The van der Waals surface area contributed by atoms with E-state index in [2.05, 4.69) is 10.2 Å². The molecule has 1 heterocycles. The lowest BCUT2D eigenvalue weighted by Crippen LogP contribution is -2.35. The molecule has 2 rings (SSSR count). The molecule has 1 saturated heterocycles. The van der Waals surface area contributed by atoms with Gasteiger partial charge in [-0.1, -0.05) is 0 Å². The van der Waals surface area contributed by atoms with Crippen LogP contribution in [0.1, 0.15) is 30.1 Å². The van der Waals surface area contributed by atoms with E-state index in [0.29, 0.717) is 18.0 Å². The van der Waals surface area contributed by atoms with Crippen molar-refractivity contribution in [2.75, 3.05) is 44.0 Å². The fraction of sp³-hybridized carbons (Fsp3) is 0.562. The Bertz CT molecular complexity index is 482. The summed E-state index contributed by atoms with van der Waals surface area (Å²) in [7, 11) is 1.75. The van der Waals surface area contributed by atoms with Crippen LogP contribution in [0.3, 0.4) is 0 Å². The molecule has 0 bridgehead atoms. The molecule has 1 aliphatic rings. The Kier molecular flexibility index (Phi) is 5.44. The number of amides is 1. The van der Waals surface area contributed by atoms with Crippen LogP contribution < -0.4 is 16.0 Å². The number of carbonyl (C=O) groups is 1. The molecule has 1 fully saturated rings. The number of carbonyl (C=O) groups excluding carboxylic acids is 1. The van der Waals surface area contributed by atoms with Crippen molar-refractivity contribution in [1.29, 1.82) is 0 Å². The van der Waals surface area contributed by atoms with Crippen molar-refractivity contribution < 1.29 is 9.53 Å². The molecule has 0 aromatic heterocycles. The van der Waals surface area contributed by atoms with E-state index in [4.69, 9.17) is 10.5 Å². The molecule has 5 heteroatoms. The molecule has 1 aromatic rings. The van der Waals surface area contributed by atoms with Gasteiger partial charge in [0.05, 0.1) is 11.4 Å². The summed E-state index contributed by atoms with van der Waals surface area (Å²) in [4.78, 5) is 14.2. The Balaban J connectivity index is 2.09. The Hall–Kier alpha value is -1.75. The van der Waals surface area contributed by atoms with Crippen molar-refractivity contribution in [3.63, 3.8) is 0 Å². The summed E-state index contributed by atoms with van der Waals surface area (Å²) in [5.74, 6) is 0.576. The highest BCUT2D eigenvalue weighted by Crippen LogP contribution is 2.29. The minimum absolute atomic E-state index is 0.0481. The topological polar surface area (TPSA) is 67.6 Å². The number of methoxy groups -OCH3 is 1. The number of nitrogen functional groups attached to an aromatic ring is 1. The van der Waals surface area contributed by atoms with Gasteiger partial charge in [0.1, 0.15) is 0 Å². The average molecular weight is 291 g/mol. The van der Waals surface area contributed by atoms with Gasteiger partial charge in [-0.05, 0) is 43.9 Å². The number of rotatable bonds is 5. The van der Waals surface area contributed by atoms with Crippen LogP contribution in [0.4, 0.5) is 11.4 Å². The molecule has 0 saturated carbocycles. The summed E-state index contributed by atoms with van der Waals surface area (Å²) in [5.41, 5.74) is 8.45. The number of hydrogen-bond acceptors (Lipinski definition) is 4. The Morgan fingerprint density at radius 3 is 2.76 bits per heavy atom. The van der Waals surface area contributed by atoms with Gasteiger partial charge >= 0.3 is 0 Å². The van der Waals surface area contributed by atoms with Crippen molar-refractivity contribution in [1.82, 2.24) is 5.32 Å². The Labute approximate surface area is 126 Å². The fourth-order valence-electron chi connectivity index (χ4n) is 2.80. The molecule has 116 valence electrons. The van der Waals surface area contributed by atoms with E-state index >= 15 is 0 Å². The van der Waals surface area contributed by atoms with E-state index in [-0.39, 0.29) is 5.91 Å². The van der Waals surface area contributed by atoms with Crippen LogP contribution in [0.5, 0.6) is 0 Å². The lowest BCUT2D eigenvalue weighted by atomic mass is 9.97. The minimum atomic E-state index is -0.0481. The van der Waals surface area contributed by atoms with E-state index in [0.717, 1.165) is 43.9 Å². The van der Waals surface area contributed by atoms with Gasteiger partial charge in [-0.25, -0.2) is 0 Å². The summed E-state index contributed by atoms with van der Waals surface area (Å²) < 4.78 is 5.23. The molecule has 5 nitrogen and oxygen atoms in total. The smallest absolute Gasteiger partial charge is 0.251 e. The molecular weight excluding hydrogens is 266 g/mol. The van der Waals surface area contributed by atoms with E-state index in [1.165, 1.54) is 0 Å². The maximum atomic E-state index is 11.9. The second-order valence-corrected chi connectivity index (χ2v) is 5.52. The first kappa shape index (κ1) is 15.6. The first-order valence-electron chi connectivity index (χ1n) is 7.57. The van der Waals surface area contributed by atoms with Crippen molar-refractivity contribution in [2.45, 2.75) is 19.8 Å². The maximum Gasteiger partial charge on any atom is 0.251 e. The molecule has 21 heavy (non-hydrogen) atoms. The molecule has 0 atom stereocenters. The second kappa shape index (κ2) is 7.31. The zero-order chi connectivity index (χ0) is 15.2. The zero-order valence-corrected chi connectivity index (χ0v) is 12.9. The first-order chi connectivity index (χ1) is 10.2. The standard InChI is InChI=1S/C16H25N3O2/c1-3-18-16(20)13-4-5-14(17)15(10-13)19-8-6-12(7-9-19)11-21-2/h4-5,10,12H,3,6-9,11,17H2,1-2H3,(H,18,20). The number of hydrogen-bond donors (Lipinski definition) is 2. The summed E-state index contributed by atoms with van der Waals surface area (Å²) in [6.45, 7) is 5.27. The highest BCUT2D eigenvalue weighted by atomic mass is 16.5. The highest BCUT2D eigenvalue weighted by molar-refractivity contribution is 5.96. The van der Waals surface area contributed by atoms with Crippen molar-refractivity contribution in [2.24, 2.45) is 5.92 Å². The monoisotopic (exact) mass is 291 g/mol. The van der Waals surface area contributed by atoms with E-state index in [9.17, 15) is 4.79 Å². The molecule has 0 unspecified atom stereocenters. The van der Waals surface area contributed by atoms with Gasteiger partial charge < -0.3 is 20.7 Å². The average Bonchev–Trinajstić information content (AvgIpc) is 2.49. The van der Waals surface area contributed by atoms with Crippen LogP contribution in [-0.2, 0) is 4.74 Å². The second-order valence-electron chi connectivity index (χ2n) is 5.52. The molecule has 0 spiro atoms. The van der Waals surface area contributed by atoms with Crippen LogP contribution in [0.2, 0.25) is 0 Å². The molecule has 1 aromatic carbocycles. The Morgan fingerprint density at radius 2 is 2.14 bits per heavy atom. The molecular formula is C16H25N3O2. The van der Waals surface area contributed by atoms with Crippen molar-refractivity contribution in [3.8, 4) is 0 Å². The number of nitrogens with two attached hydrogens (primary N) is 1. The summed E-state index contributed by atoms with van der Waals surface area (Å²) in [5, 5.41) is 2.82. The normalized spacial score (nSPS) is 16.0. The third-order valence-corrected chi connectivity index (χ3v) is 3.99. The maximum absolute atomic E-state index is 11.9. The van der Waals surface area contributed by atoms with Gasteiger partial charge in [-0.3, -0.25) is 4.79 Å². The van der Waals surface area contributed by atoms with Crippen LogP contribution in [0.25, 0.3) is 0 Å². The molecule has 0 radical (unpaired) electrons. The number of nitrogens with zero attached hydrogens (tertiary/aromatic N) is 1. The number of piperidine rings is 1. The fourth-order valence-corrected chi connectivity index (χ4v) is 2.80. The summed E-state index contributed by atoms with van der Waals surface area (Å²) in [6.07, 6.45) is 2.19. The number of benzene rings is 1. The number of anilines is 2. The number of ether oxygens (including phenoxy) is 1. The first-order valence-corrected chi connectivity index (χ1v) is 7.57. The third kappa shape index (κ3) is 3.88. The number of nitrogens with one attached hydrogen (secondary N) is 1.